The van der Waals surface area contributed by atoms with Crippen LogP contribution < -0.4 is 10.2 Å². The largest absolute Gasteiger partial charge is 0.383 e. The zero-order valence-corrected chi connectivity index (χ0v) is 12.2. The van der Waals surface area contributed by atoms with Gasteiger partial charge in [0.2, 0.25) is 0 Å². The summed E-state index contributed by atoms with van der Waals surface area (Å²) in [6.45, 7) is 4.35. The summed E-state index contributed by atoms with van der Waals surface area (Å²) in [7, 11) is 0. The summed E-state index contributed by atoms with van der Waals surface area (Å²) in [5, 5.41) is 3.42. The van der Waals surface area contributed by atoms with Crippen LogP contribution in [-0.2, 0) is 11.2 Å². The van der Waals surface area contributed by atoms with Crippen molar-refractivity contribution in [1.82, 2.24) is 4.98 Å². The number of anilines is 2. The molecule has 2 aromatic rings. The topological polar surface area (TPSA) is 37.4 Å². The second-order valence-electron chi connectivity index (χ2n) is 5.17. The summed E-state index contributed by atoms with van der Waals surface area (Å²) in [4.78, 5) is 6.80. The zero-order valence-electron chi connectivity index (χ0n) is 12.2. The van der Waals surface area contributed by atoms with Gasteiger partial charge in [-0.2, -0.15) is 0 Å². The predicted molar refractivity (Wildman–Crippen MR) is 85.9 cm³/mol. The molecule has 0 amide bonds. The highest BCUT2D eigenvalue weighted by atomic mass is 16.5. The molecule has 4 heteroatoms. The van der Waals surface area contributed by atoms with E-state index in [-0.39, 0.29) is 0 Å². The van der Waals surface area contributed by atoms with Crippen LogP contribution in [-0.4, -0.2) is 37.8 Å². The minimum atomic E-state index is 0.790. The smallest absolute Gasteiger partial charge is 0.128 e. The van der Waals surface area contributed by atoms with Gasteiger partial charge in [-0.15, -0.1) is 0 Å². The number of nitrogens with zero attached hydrogens (tertiary/aromatic N) is 2. The molecule has 1 N–H and O–H groups in total. The summed E-state index contributed by atoms with van der Waals surface area (Å²) in [5.41, 5.74) is 2.42. The van der Waals surface area contributed by atoms with Crippen molar-refractivity contribution in [3.8, 4) is 0 Å². The van der Waals surface area contributed by atoms with Gasteiger partial charge in [0, 0.05) is 19.6 Å². The average Bonchev–Trinajstić information content (AvgIpc) is 2.57. The van der Waals surface area contributed by atoms with Crippen LogP contribution in [0.5, 0.6) is 0 Å². The fraction of sp³-hybridized carbons (Fsp3) is 0.353. The first-order valence-electron chi connectivity index (χ1n) is 7.48. The van der Waals surface area contributed by atoms with Gasteiger partial charge in [-0.05, 0) is 24.1 Å². The van der Waals surface area contributed by atoms with Crippen LogP contribution in [0.15, 0.2) is 48.7 Å². The van der Waals surface area contributed by atoms with Gasteiger partial charge in [0.15, 0.2) is 0 Å². The highest BCUT2D eigenvalue weighted by molar-refractivity contribution is 5.48. The summed E-state index contributed by atoms with van der Waals surface area (Å²) in [6.07, 6.45) is 2.93. The number of pyridine rings is 1. The Hall–Kier alpha value is -2.07. The van der Waals surface area contributed by atoms with Gasteiger partial charge in [-0.25, -0.2) is 4.98 Å². The fourth-order valence-corrected chi connectivity index (χ4v) is 2.47. The van der Waals surface area contributed by atoms with E-state index in [2.05, 4.69) is 51.6 Å². The molecular formula is C17H21N3O. The lowest BCUT2D eigenvalue weighted by Crippen LogP contribution is -2.36. The van der Waals surface area contributed by atoms with E-state index in [9.17, 15) is 0 Å². The maximum absolute atomic E-state index is 5.36. The Labute approximate surface area is 125 Å². The number of morpholine rings is 1. The van der Waals surface area contributed by atoms with Crippen LogP contribution in [0.1, 0.15) is 5.56 Å². The molecule has 3 rings (SSSR count). The van der Waals surface area contributed by atoms with Crippen molar-refractivity contribution < 1.29 is 4.74 Å². The molecule has 0 saturated carbocycles. The second kappa shape index (κ2) is 7.09. The molecule has 0 spiro atoms. The number of rotatable bonds is 5. The minimum Gasteiger partial charge on any atom is -0.383 e. The zero-order chi connectivity index (χ0) is 14.3. The first-order chi connectivity index (χ1) is 10.4. The Bertz CT molecular complexity index is 536. The van der Waals surface area contributed by atoms with E-state index in [1.165, 1.54) is 5.56 Å². The van der Waals surface area contributed by atoms with Crippen molar-refractivity contribution in [3.63, 3.8) is 0 Å². The molecule has 1 aromatic heterocycles. The number of nitrogens with one attached hydrogen (secondary N) is 1. The number of hydrogen-bond acceptors (Lipinski definition) is 4. The molecule has 1 aromatic carbocycles. The Morgan fingerprint density at radius 3 is 2.57 bits per heavy atom. The summed E-state index contributed by atoms with van der Waals surface area (Å²) in [5.74, 6) is 1.03. The van der Waals surface area contributed by atoms with Crippen LogP contribution >= 0.6 is 0 Å². The summed E-state index contributed by atoms with van der Waals surface area (Å²) >= 11 is 0. The standard InChI is InChI=1S/C17H21N3O/c1-2-4-15(5-3-1)8-9-18-16-6-7-17(19-14-16)20-10-12-21-13-11-20/h1-7,14,18H,8-13H2. The lowest BCUT2D eigenvalue weighted by Gasteiger charge is -2.27. The van der Waals surface area contributed by atoms with Crippen molar-refractivity contribution in [2.24, 2.45) is 0 Å². The van der Waals surface area contributed by atoms with Gasteiger partial charge in [0.25, 0.3) is 0 Å². The Morgan fingerprint density at radius 2 is 1.86 bits per heavy atom. The molecule has 1 aliphatic rings. The first-order valence-corrected chi connectivity index (χ1v) is 7.48. The summed E-state index contributed by atoms with van der Waals surface area (Å²) < 4.78 is 5.36. The van der Waals surface area contributed by atoms with Gasteiger partial charge >= 0.3 is 0 Å². The Balaban J connectivity index is 1.50. The molecule has 2 heterocycles. The molecule has 0 atom stereocenters. The lowest BCUT2D eigenvalue weighted by molar-refractivity contribution is 0.122. The van der Waals surface area contributed by atoms with E-state index >= 15 is 0 Å². The van der Waals surface area contributed by atoms with Gasteiger partial charge in [-0.3, -0.25) is 0 Å². The van der Waals surface area contributed by atoms with Crippen molar-refractivity contribution in [2.45, 2.75) is 6.42 Å². The van der Waals surface area contributed by atoms with E-state index in [1.54, 1.807) is 0 Å². The van der Waals surface area contributed by atoms with Crippen LogP contribution in [0.2, 0.25) is 0 Å². The van der Waals surface area contributed by atoms with E-state index in [1.807, 2.05) is 12.3 Å². The quantitative estimate of drug-likeness (QED) is 0.915. The molecule has 1 saturated heterocycles. The van der Waals surface area contributed by atoms with Gasteiger partial charge in [-0.1, -0.05) is 30.3 Å². The van der Waals surface area contributed by atoms with Crippen LogP contribution in [0.3, 0.4) is 0 Å². The summed E-state index contributed by atoms with van der Waals surface area (Å²) in [6, 6.07) is 14.7. The highest BCUT2D eigenvalue weighted by Gasteiger charge is 2.11. The number of ether oxygens (including phenoxy) is 1. The molecular weight excluding hydrogens is 262 g/mol. The SMILES string of the molecule is c1ccc(CCNc2ccc(N3CCOCC3)nc2)cc1. The average molecular weight is 283 g/mol. The number of hydrogen-bond donors (Lipinski definition) is 1. The molecule has 0 unspecified atom stereocenters. The van der Waals surface area contributed by atoms with Crippen molar-refractivity contribution in [3.05, 3.63) is 54.2 Å². The molecule has 110 valence electrons. The van der Waals surface area contributed by atoms with Gasteiger partial charge < -0.3 is 15.0 Å². The van der Waals surface area contributed by atoms with Crippen molar-refractivity contribution >= 4 is 11.5 Å². The van der Waals surface area contributed by atoms with Gasteiger partial charge in [0.1, 0.15) is 5.82 Å². The van der Waals surface area contributed by atoms with Crippen LogP contribution in [0.4, 0.5) is 11.5 Å². The highest BCUT2D eigenvalue weighted by Crippen LogP contribution is 2.15. The first kappa shape index (κ1) is 13.9. The minimum absolute atomic E-state index is 0.790. The maximum Gasteiger partial charge on any atom is 0.128 e. The van der Waals surface area contributed by atoms with E-state index in [0.717, 1.165) is 50.8 Å². The fourth-order valence-electron chi connectivity index (χ4n) is 2.47. The molecule has 0 bridgehead atoms. The normalized spacial score (nSPS) is 15.0. The van der Waals surface area contributed by atoms with Crippen molar-refractivity contribution in [1.29, 1.82) is 0 Å². The number of aromatic nitrogens is 1. The molecule has 0 radical (unpaired) electrons. The molecule has 1 aliphatic heterocycles. The Kier molecular flexibility index (Phi) is 4.69. The second-order valence-corrected chi connectivity index (χ2v) is 5.17. The maximum atomic E-state index is 5.36. The van der Waals surface area contributed by atoms with Crippen LogP contribution in [0.25, 0.3) is 0 Å². The lowest BCUT2D eigenvalue weighted by atomic mass is 10.1. The van der Waals surface area contributed by atoms with E-state index < -0.39 is 0 Å². The van der Waals surface area contributed by atoms with Crippen molar-refractivity contribution in [2.75, 3.05) is 43.1 Å². The van der Waals surface area contributed by atoms with E-state index in [0.29, 0.717) is 0 Å². The molecule has 1 fully saturated rings. The van der Waals surface area contributed by atoms with E-state index in [4.69, 9.17) is 4.74 Å². The third-order valence-corrected chi connectivity index (χ3v) is 3.67. The van der Waals surface area contributed by atoms with Gasteiger partial charge in [0.05, 0.1) is 25.1 Å². The third-order valence-electron chi connectivity index (χ3n) is 3.67. The molecule has 0 aliphatic carbocycles. The number of benzene rings is 1. The van der Waals surface area contributed by atoms with Crippen LogP contribution in [0, 0.1) is 0 Å². The molecule has 4 nitrogen and oxygen atoms in total. The molecule has 21 heavy (non-hydrogen) atoms. The third kappa shape index (κ3) is 3.95. The monoisotopic (exact) mass is 283 g/mol. The predicted octanol–water partition coefficient (Wildman–Crippen LogP) is 2.57. The Morgan fingerprint density at radius 1 is 1.05 bits per heavy atom.